The van der Waals surface area contributed by atoms with E-state index in [9.17, 15) is 4.79 Å². The molecule has 0 atom stereocenters. The molecular weight excluding hydrogens is 208 g/mol. The Morgan fingerprint density at radius 3 is 2.88 bits per heavy atom. The Morgan fingerprint density at radius 2 is 2.25 bits per heavy atom. The van der Waals surface area contributed by atoms with Gasteiger partial charge < -0.3 is 14.8 Å². The summed E-state index contributed by atoms with van der Waals surface area (Å²) in [6.45, 7) is 3.84. The Bertz CT molecular complexity index is 381. The van der Waals surface area contributed by atoms with Crippen molar-refractivity contribution in [3.05, 3.63) is 17.3 Å². The van der Waals surface area contributed by atoms with Crippen LogP contribution >= 0.6 is 0 Å². The smallest absolute Gasteiger partial charge is 0.312 e. The largest absolute Gasteiger partial charge is 0.481 e. The Kier molecular flexibility index (Phi) is 3.24. The fourth-order valence-electron chi connectivity index (χ4n) is 2.14. The molecule has 2 rings (SSSR count). The number of carboxylic acids is 1. The monoisotopic (exact) mass is 224 g/mol. The molecule has 2 N–H and O–H groups in total. The molecule has 0 aromatic carbocycles. The highest BCUT2D eigenvalue weighted by atomic mass is 16.4. The number of nitrogens with zero attached hydrogens (tertiary/aromatic N) is 1. The molecule has 1 aliphatic heterocycles. The molecule has 1 aromatic heterocycles. The van der Waals surface area contributed by atoms with Crippen molar-refractivity contribution in [2.24, 2.45) is 0 Å². The van der Waals surface area contributed by atoms with E-state index < -0.39 is 5.97 Å². The van der Waals surface area contributed by atoms with Crippen LogP contribution in [0.2, 0.25) is 0 Å². The summed E-state index contributed by atoms with van der Waals surface area (Å²) in [5.41, 5.74) is 0.942. The molecule has 0 amide bonds. The Balaban J connectivity index is 2.13. The van der Waals surface area contributed by atoms with E-state index in [1.54, 1.807) is 0 Å². The van der Waals surface area contributed by atoms with Gasteiger partial charge in [-0.3, -0.25) is 4.79 Å². The molecule has 0 spiro atoms. The summed E-state index contributed by atoms with van der Waals surface area (Å²) in [6, 6.07) is 0. The van der Waals surface area contributed by atoms with Crippen molar-refractivity contribution < 1.29 is 14.3 Å². The van der Waals surface area contributed by atoms with Crippen molar-refractivity contribution >= 4 is 5.97 Å². The quantitative estimate of drug-likeness (QED) is 0.803. The number of carbonyl (C=O) groups is 1. The highest BCUT2D eigenvalue weighted by Crippen LogP contribution is 2.27. The van der Waals surface area contributed by atoms with Crippen LogP contribution in [0.25, 0.3) is 0 Å². The maximum Gasteiger partial charge on any atom is 0.312 e. The molecule has 5 nitrogen and oxygen atoms in total. The van der Waals surface area contributed by atoms with Crippen LogP contribution in [0, 0.1) is 6.92 Å². The van der Waals surface area contributed by atoms with E-state index in [1.807, 2.05) is 6.92 Å². The van der Waals surface area contributed by atoms with Gasteiger partial charge in [0.05, 0.1) is 5.69 Å². The molecule has 0 saturated carbocycles. The number of nitrogens with one attached hydrogen (secondary N) is 1. The molecule has 16 heavy (non-hydrogen) atoms. The first kappa shape index (κ1) is 11.1. The minimum atomic E-state index is -0.905. The second kappa shape index (κ2) is 4.65. The first-order valence-electron chi connectivity index (χ1n) is 5.55. The predicted molar refractivity (Wildman–Crippen MR) is 57.4 cm³/mol. The van der Waals surface area contributed by atoms with Gasteiger partial charge in [-0.25, -0.2) is 4.98 Å². The number of rotatable bonds is 3. The topological polar surface area (TPSA) is 75.4 Å². The summed E-state index contributed by atoms with van der Waals surface area (Å²) in [5, 5.41) is 12.0. The molecular formula is C11H16N2O3. The number of aromatic nitrogens is 1. The molecule has 1 fully saturated rings. The average Bonchev–Trinajstić information content (AvgIpc) is 2.60. The lowest BCUT2D eigenvalue weighted by Gasteiger charge is -2.20. The molecule has 0 aliphatic carbocycles. The third kappa shape index (κ3) is 2.41. The fraction of sp³-hybridized carbons (Fsp3) is 0.636. The van der Waals surface area contributed by atoms with Gasteiger partial charge in [0.1, 0.15) is 12.2 Å². The lowest BCUT2D eigenvalue weighted by atomic mass is 9.94. The van der Waals surface area contributed by atoms with Crippen LogP contribution in [-0.4, -0.2) is 29.1 Å². The maximum atomic E-state index is 10.6. The third-order valence-corrected chi connectivity index (χ3v) is 2.91. The van der Waals surface area contributed by atoms with Gasteiger partial charge in [-0.1, -0.05) is 0 Å². The van der Waals surface area contributed by atoms with Crippen molar-refractivity contribution in [1.29, 1.82) is 0 Å². The lowest BCUT2D eigenvalue weighted by Crippen LogP contribution is -2.27. The standard InChI is InChI=1S/C11H16N2O3/c1-7-11(8-2-4-12-5-3-8)13-9(16-7)6-10(14)15/h8,12H,2-6H2,1H3,(H,14,15). The van der Waals surface area contributed by atoms with Crippen molar-refractivity contribution in [1.82, 2.24) is 10.3 Å². The van der Waals surface area contributed by atoms with Gasteiger partial charge in [0.25, 0.3) is 0 Å². The molecule has 1 aliphatic rings. The Labute approximate surface area is 93.9 Å². The van der Waals surface area contributed by atoms with Gasteiger partial charge in [-0.15, -0.1) is 0 Å². The van der Waals surface area contributed by atoms with Crippen LogP contribution in [-0.2, 0) is 11.2 Å². The van der Waals surface area contributed by atoms with E-state index >= 15 is 0 Å². The highest BCUT2D eigenvalue weighted by Gasteiger charge is 2.22. The molecule has 0 radical (unpaired) electrons. The highest BCUT2D eigenvalue weighted by molar-refractivity contribution is 5.68. The molecule has 0 unspecified atom stereocenters. The lowest BCUT2D eigenvalue weighted by molar-refractivity contribution is -0.136. The molecule has 0 bridgehead atoms. The normalized spacial score (nSPS) is 17.6. The molecule has 2 heterocycles. The van der Waals surface area contributed by atoms with E-state index in [0.717, 1.165) is 37.4 Å². The van der Waals surface area contributed by atoms with Gasteiger partial charge >= 0.3 is 5.97 Å². The van der Waals surface area contributed by atoms with E-state index in [0.29, 0.717) is 11.8 Å². The van der Waals surface area contributed by atoms with E-state index in [2.05, 4.69) is 10.3 Å². The first-order chi connectivity index (χ1) is 7.66. The number of hydrogen-bond acceptors (Lipinski definition) is 4. The van der Waals surface area contributed by atoms with Crippen LogP contribution in [0.1, 0.15) is 36.1 Å². The Morgan fingerprint density at radius 1 is 1.56 bits per heavy atom. The first-order valence-corrected chi connectivity index (χ1v) is 5.55. The summed E-state index contributed by atoms with van der Waals surface area (Å²) in [4.78, 5) is 14.9. The van der Waals surface area contributed by atoms with Crippen molar-refractivity contribution in [3.8, 4) is 0 Å². The zero-order valence-corrected chi connectivity index (χ0v) is 9.32. The van der Waals surface area contributed by atoms with Gasteiger partial charge in [-0.2, -0.15) is 0 Å². The molecule has 1 saturated heterocycles. The predicted octanol–water partition coefficient (Wildman–Crippen LogP) is 1.08. The Hall–Kier alpha value is -1.36. The minimum absolute atomic E-state index is 0.133. The van der Waals surface area contributed by atoms with Crippen molar-refractivity contribution in [2.45, 2.75) is 32.1 Å². The van der Waals surface area contributed by atoms with Crippen LogP contribution in [0.3, 0.4) is 0 Å². The van der Waals surface area contributed by atoms with Crippen LogP contribution in [0.5, 0.6) is 0 Å². The zero-order chi connectivity index (χ0) is 11.5. The summed E-state index contributed by atoms with van der Waals surface area (Å²) in [7, 11) is 0. The number of oxazole rings is 1. The van der Waals surface area contributed by atoms with E-state index in [-0.39, 0.29) is 6.42 Å². The summed E-state index contributed by atoms with van der Waals surface area (Å²) in [5.74, 6) is 0.590. The maximum absolute atomic E-state index is 10.6. The minimum Gasteiger partial charge on any atom is -0.481 e. The zero-order valence-electron chi connectivity index (χ0n) is 9.32. The number of hydrogen-bond donors (Lipinski definition) is 2. The van der Waals surface area contributed by atoms with Gasteiger partial charge in [0, 0.05) is 5.92 Å². The molecule has 88 valence electrons. The van der Waals surface area contributed by atoms with Crippen molar-refractivity contribution in [3.63, 3.8) is 0 Å². The summed E-state index contributed by atoms with van der Waals surface area (Å²) in [6.07, 6.45) is 1.95. The summed E-state index contributed by atoms with van der Waals surface area (Å²) >= 11 is 0. The fourth-order valence-corrected chi connectivity index (χ4v) is 2.14. The molecule has 5 heteroatoms. The number of piperidine rings is 1. The van der Waals surface area contributed by atoms with E-state index in [1.165, 1.54) is 0 Å². The van der Waals surface area contributed by atoms with Crippen LogP contribution in [0.15, 0.2) is 4.42 Å². The second-order valence-corrected chi connectivity index (χ2v) is 4.14. The van der Waals surface area contributed by atoms with Gasteiger partial charge in [0.15, 0.2) is 0 Å². The average molecular weight is 224 g/mol. The number of aliphatic carboxylic acids is 1. The van der Waals surface area contributed by atoms with Gasteiger partial charge in [-0.05, 0) is 32.9 Å². The van der Waals surface area contributed by atoms with Crippen LogP contribution < -0.4 is 5.32 Å². The molecule has 1 aromatic rings. The summed E-state index contributed by atoms with van der Waals surface area (Å²) < 4.78 is 5.37. The van der Waals surface area contributed by atoms with Crippen LogP contribution in [0.4, 0.5) is 0 Å². The van der Waals surface area contributed by atoms with Crippen molar-refractivity contribution in [2.75, 3.05) is 13.1 Å². The SMILES string of the molecule is Cc1oc(CC(=O)O)nc1C1CCNCC1. The number of aryl methyl sites for hydroxylation is 1. The van der Waals surface area contributed by atoms with Gasteiger partial charge in [0.2, 0.25) is 5.89 Å². The second-order valence-electron chi connectivity index (χ2n) is 4.14. The number of carboxylic acid groups (broad SMARTS) is 1. The third-order valence-electron chi connectivity index (χ3n) is 2.91. The van der Waals surface area contributed by atoms with E-state index in [4.69, 9.17) is 9.52 Å².